The van der Waals surface area contributed by atoms with Crippen molar-refractivity contribution in [3.05, 3.63) is 0 Å². The molecule has 0 aromatic rings. The van der Waals surface area contributed by atoms with E-state index in [1.165, 1.54) is 6.92 Å². The van der Waals surface area contributed by atoms with Gasteiger partial charge in [0.1, 0.15) is 12.7 Å². The van der Waals surface area contributed by atoms with Gasteiger partial charge in [0.2, 0.25) is 5.91 Å². The molecule has 0 fully saturated rings. The third-order valence-corrected chi connectivity index (χ3v) is 2.46. The minimum absolute atomic E-state index is 0.00581. The lowest BCUT2D eigenvalue weighted by Gasteiger charge is -2.27. The maximum absolute atomic E-state index is 11.5. The van der Waals surface area contributed by atoms with Crippen LogP contribution in [0.3, 0.4) is 0 Å². The van der Waals surface area contributed by atoms with Crippen molar-refractivity contribution in [2.45, 2.75) is 33.3 Å². The first-order chi connectivity index (χ1) is 8.70. The van der Waals surface area contributed by atoms with Crippen LogP contribution in [-0.4, -0.2) is 53.7 Å². The summed E-state index contributed by atoms with van der Waals surface area (Å²) in [6, 6.07) is 0. The van der Waals surface area contributed by atoms with Crippen LogP contribution in [0.2, 0.25) is 0 Å². The summed E-state index contributed by atoms with van der Waals surface area (Å²) in [5, 5.41) is 21.0. The molecule has 7 heteroatoms. The van der Waals surface area contributed by atoms with E-state index in [1.807, 2.05) is 0 Å². The molecule has 3 N–H and O–H groups in total. The zero-order valence-electron chi connectivity index (χ0n) is 11.4. The van der Waals surface area contributed by atoms with Crippen molar-refractivity contribution >= 4 is 17.7 Å². The number of carbonyl (C=O) groups excluding carboxylic acids is 3. The van der Waals surface area contributed by atoms with E-state index >= 15 is 0 Å². The number of ketones is 1. The maximum Gasteiger partial charge on any atom is 0.308 e. The van der Waals surface area contributed by atoms with E-state index in [0.29, 0.717) is 0 Å². The first-order valence-corrected chi connectivity index (χ1v) is 5.92. The molecule has 1 amide bonds. The third kappa shape index (κ3) is 6.88. The molecule has 0 aromatic carbocycles. The predicted octanol–water partition coefficient (Wildman–Crippen LogP) is -0.996. The van der Waals surface area contributed by atoms with E-state index in [2.05, 4.69) is 10.1 Å². The molecule has 0 aliphatic heterocycles. The third-order valence-electron chi connectivity index (χ3n) is 2.46. The van der Waals surface area contributed by atoms with E-state index in [-0.39, 0.29) is 32.0 Å². The minimum Gasteiger partial charge on any atom is -0.458 e. The standard InChI is InChI=1S/C12H21NO6/c1-8(15)6-19-9(16)4-5-13-11(18)10(17)12(2,3)7-14/h10,14,17H,4-7H2,1-3H3,(H,13,18)/t10-/m0/s1. The van der Waals surface area contributed by atoms with Gasteiger partial charge in [-0.05, 0) is 6.92 Å². The smallest absolute Gasteiger partial charge is 0.308 e. The van der Waals surface area contributed by atoms with Gasteiger partial charge in [0.25, 0.3) is 0 Å². The molecular weight excluding hydrogens is 254 g/mol. The van der Waals surface area contributed by atoms with Crippen LogP contribution in [0.4, 0.5) is 0 Å². The lowest BCUT2D eigenvalue weighted by Crippen LogP contribution is -2.46. The summed E-state index contributed by atoms with van der Waals surface area (Å²) in [6.45, 7) is 3.74. The number of aliphatic hydroxyl groups excluding tert-OH is 2. The molecule has 0 aliphatic rings. The van der Waals surface area contributed by atoms with E-state index in [1.54, 1.807) is 13.8 Å². The Hall–Kier alpha value is -1.47. The van der Waals surface area contributed by atoms with Gasteiger partial charge in [0.05, 0.1) is 13.0 Å². The lowest BCUT2D eigenvalue weighted by molar-refractivity contribution is -0.147. The number of nitrogens with one attached hydrogen (secondary N) is 1. The van der Waals surface area contributed by atoms with Crippen LogP contribution in [0.15, 0.2) is 0 Å². The van der Waals surface area contributed by atoms with Crippen LogP contribution in [0.5, 0.6) is 0 Å². The molecule has 0 bridgehead atoms. The van der Waals surface area contributed by atoms with Gasteiger partial charge in [-0.25, -0.2) is 0 Å². The SMILES string of the molecule is CC(=O)COC(=O)CCNC(=O)[C@H](O)C(C)(C)CO. The van der Waals surface area contributed by atoms with Crippen LogP contribution in [0.1, 0.15) is 27.2 Å². The molecule has 0 heterocycles. The molecule has 0 aliphatic carbocycles. The number of amides is 1. The van der Waals surface area contributed by atoms with Gasteiger partial charge in [-0.1, -0.05) is 13.8 Å². The Balaban J connectivity index is 3.98. The summed E-state index contributed by atoms with van der Waals surface area (Å²) in [7, 11) is 0. The molecule has 7 nitrogen and oxygen atoms in total. The largest absolute Gasteiger partial charge is 0.458 e. The highest BCUT2D eigenvalue weighted by Gasteiger charge is 2.32. The molecule has 19 heavy (non-hydrogen) atoms. The Morgan fingerprint density at radius 1 is 1.32 bits per heavy atom. The molecule has 0 radical (unpaired) electrons. The van der Waals surface area contributed by atoms with E-state index < -0.39 is 23.4 Å². The maximum atomic E-state index is 11.5. The van der Waals surface area contributed by atoms with E-state index in [4.69, 9.17) is 5.11 Å². The summed E-state index contributed by atoms with van der Waals surface area (Å²) in [5.74, 6) is -1.54. The predicted molar refractivity (Wildman–Crippen MR) is 66.1 cm³/mol. The number of aliphatic hydroxyl groups is 2. The van der Waals surface area contributed by atoms with Crippen molar-refractivity contribution in [2.75, 3.05) is 19.8 Å². The van der Waals surface area contributed by atoms with Crippen molar-refractivity contribution in [3.63, 3.8) is 0 Å². The minimum atomic E-state index is -1.37. The van der Waals surface area contributed by atoms with Gasteiger partial charge in [0, 0.05) is 12.0 Å². The molecule has 0 rings (SSSR count). The quantitative estimate of drug-likeness (QED) is 0.490. The molecule has 0 saturated carbocycles. The normalized spacial score (nSPS) is 12.7. The highest BCUT2D eigenvalue weighted by molar-refractivity contribution is 5.82. The molecule has 1 atom stereocenters. The van der Waals surface area contributed by atoms with Gasteiger partial charge in [-0.15, -0.1) is 0 Å². The van der Waals surface area contributed by atoms with Gasteiger partial charge >= 0.3 is 5.97 Å². The fourth-order valence-corrected chi connectivity index (χ4v) is 1.08. The van der Waals surface area contributed by atoms with Crippen molar-refractivity contribution in [1.82, 2.24) is 5.32 Å². The number of hydrogen-bond donors (Lipinski definition) is 3. The first-order valence-electron chi connectivity index (χ1n) is 5.92. The highest BCUT2D eigenvalue weighted by Crippen LogP contribution is 2.19. The van der Waals surface area contributed by atoms with Crippen LogP contribution < -0.4 is 5.32 Å². The second-order valence-corrected chi connectivity index (χ2v) is 4.95. The Bertz CT molecular complexity index is 339. The van der Waals surface area contributed by atoms with Gasteiger partial charge < -0.3 is 20.3 Å². The second kappa shape index (κ2) is 7.85. The number of esters is 1. The lowest BCUT2D eigenvalue weighted by atomic mass is 9.87. The van der Waals surface area contributed by atoms with Crippen LogP contribution in [-0.2, 0) is 19.1 Å². The van der Waals surface area contributed by atoms with Crippen LogP contribution in [0, 0.1) is 5.41 Å². The summed E-state index contributed by atoms with van der Waals surface area (Å²) >= 11 is 0. The second-order valence-electron chi connectivity index (χ2n) is 4.95. The zero-order valence-corrected chi connectivity index (χ0v) is 11.4. The van der Waals surface area contributed by atoms with E-state index in [9.17, 15) is 19.5 Å². The topological polar surface area (TPSA) is 113 Å². The fourth-order valence-electron chi connectivity index (χ4n) is 1.08. The summed E-state index contributed by atoms with van der Waals surface area (Å²) in [4.78, 5) is 33.2. The Kier molecular flexibility index (Phi) is 7.25. The van der Waals surface area contributed by atoms with Crippen LogP contribution in [0.25, 0.3) is 0 Å². The Morgan fingerprint density at radius 2 is 1.89 bits per heavy atom. The molecule has 0 spiro atoms. The van der Waals surface area contributed by atoms with Crippen molar-refractivity contribution in [3.8, 4) is 0 Å². The number of hydrogen-bond acceptors (Lipinski definition) is 6. The fraction of sp³-hybridized carbons (Fsp3) is 0.750. The molecule has 0 unspecified atom stereocenters. The Morgan fingerprint density at radius 3 is 2.37 bits per heavy atom. The summed E-state index contributed by atoms with van der Waals surface area (Å²) in [5.41, 5.74) is -0.959. The van der Waals surface area contributed by atoms with Gasteiger partial charge in [-0.2, -0.15) is 0 Å². The molecule has 110 valence electrons. The summed E-state index contributed by atoms with van der Waals surface area (Å²) < 4.78 is 4.59. The number of Topliss-reactive ketones (excluding diaryl/α,β-unsaturated/α-hetero) is 1. The first kappa shape index (κ1) is 17.5. The van der Waals surface area contributed by atoms with Gasteiger partial charge in [-0.3, -0.25) is 14.4 Å². The van der Waals surface area contributed by atoms with Crippen molar-refractivity contribution < 1.29 is 29.3 Å². The average Bonchev–Trinajstić information content (AvgIpc) is 2.35. The highest BCUT2D eigenvalue weighted by atomic mass is 16.5. The van der Waals surface area contributed by atoms with Gasteiger partial charge in [0.15, 0.2) is 5.78 Å². The molecule has 0 saturated heterocycles. The van der Waals surface area contributed by atoms with E-state index in [0.717, 1.165) is 0 Å². The molecule has 0 aromatic heterocycles. The van der Waals surface area contributed by atoms with Crippen molar-refractivity contribution in [1.29, 1.82) is 0 Å². The number of ether oxygens (including phenoxy) is 1. The zero-order chi connectivity index (χ0) is 15.1. The summed E-state index contributed by atoms with van der Waals surface area (Å²) in [6.07, 6.45) is -1.46. The van der Waals surface area contributed by atoms with Crippen LogP contribution >= 0.6 is 0 Å². The molecular formula is C12H21NO6. The van der Waals surface area contributed by atoms with Crippen molar-refractivity contribution in [2.24, 2.45) is 5.41 Å². The average molecular weight is 275 g/mol. The Labute approximate surface area is 111 Å². The number of carbonyl (C=O) groups is 3. The monoisotopic (exact) mass is 275 g/mol. The number of rotatable bonds is 8.